The summed E-state index contributed by atoms with van der Waals surface area (Å²) in [5.74, 6) is -1.72. The molecular weight excluding hydrogens is 305 g/mol. The van der Waals surface area contributed by atoms with Gasteiger partial charge in [0.05, 0.1) is 0 Å². The SMILES string of the molecule is O=C(c1[nH]c(-c2ccccc2)nc1-c1ccccc1)C(F)(F)F. The lowest BCUT2D eigenvalue weighted by atomic mass is 10.1. The third-order valence-electron chi connectivity index (χ3n) is 3.28. The standard InChI is InChI=1S/C17H11F3N2O/c18-17(19,20)15(23)14-13(11-7-3-1-4-8-11)21-16(22-14)12-9-5-2-6-10-12/h1-10H,(H,21,22). The van der Waals surface area contributed by atoms with Crippen LogP contribution in [0.25, 0.3) is 22.6 Å². The number of H-pyrrole nitrogens is 1. The van der Waals surface area contributed by atoms with Gasteiger partial charge in [-0.15, -0.1) is 0 Å². The van der Waals surface area contributed by atoms with Gasteiger partial charge in [-0.2, -0.15) is 13.2 Å². The molecule has 0 bridgehead atoms. The van der Waals surface area contributed by atoms with Gasteiger partial charge in [0.2, 0.25) is 0 Å². The van der Waals surface area contributed by atoms with E-state index in [1.165, 1.54) is 0 Å². The van der Waals surface area contributed by atoms with Crippen molar-refractivity contribution in [2.45, 2.75) is 6.18 Å². The van der Waals surface area contributed by atoms with Gasteiger partial charge in [-0.05, 0) is 0 Å². The molecule has 0 aliphatic rings. The fourth-order valence-electron chi connectivity index (χ4n) is 2.22. The van der Waals surface area contributed by atoms with Crippen LogP contribution in [0.15, 0.2) is 60.7 Å². The number of benzene rings is 2. The molecule has 0 aliphatic carbocycles. The van der Waals surface area contributed by atoms with Gasteiger partial charge in [0.15, 0.2) is 0 Å². The Morgan fingerprint density at radius 1 is 0.870 bits per heavy atom. The minimum Gasteiger partial charge on any atom is -0.335 e. The van der Waals surface area contributed by atoms with Gasteiger partial charge < -0.3 is 4.98 Å². The van der Waals surface area contributed by atoms with Crippen molar-refractivity contribution in [2.24, 2.45) is 0 Å². The Kier molecular flexibility index (Phi) is 3.73. The van der Waals surface area contributed by atoms with E-state index < -0.39 is 17.7 Å². The number of halogens is 3. The maximum Gasteiger partial charge on any atom is 0.456 e. The molecule has 0 atom stereocenters. The molecule has 116 valence electrons. The van der Waals surface area contributed by atoms with E-state index in [0.29, 0.717) is 11.1 Å². The van der Waals surface area contributed by atoms with Gasteiger partial charge in [0.1, 0.15) is 17.2 Å². The molecule has 0 amide bonds. The average Bonchev–Trinajstić information content (AvgIpc) is 3.00. The van der Waals surface area contributed by atoms with Crippen molar-refractivity contribution in [1.82, 2.24) is 9.97 Å². The molecule has 2 aromatic carbocycles. The highest BCUT2D eigenvalue weighted by atomic mass is 19.4. The van der Waals surface area contributed by atoms with E-state index >= 15 is 0 Å². The lowest BCUT2D eigenvalue weighted by Crippen LogP contribution is -2.23. The first-order valence-corrected chi connectivity index (χ1v) is 6.79. The summed E-state index contributed by atoms with van der Waals surface area (Å²) in [6, 6.07) is 17.0. The van der Waals surface area contributed by atoms with Crippen LogP contribution in [-0.2, 0) is 0 Å². The lowest BCUT2D eigenvalue weighted by Gasteiger charge is -2.05. The normalized spacial score (nSPS) is 11.4. The van der Waals surface area contributed by atoms with Crippen LogP contribution in [0.1, 0.15) is 10.5 Å². The number of rotatable bonds is 3. The second-order valence-corrected chi connectivity index (χ2v) is 4.87. The van der Waals surface area contributed by atoms with E-state index in [4.69, 9.17) is 0 Å². The van der Waals surface area contributed by atoms with E-state index in [2.05, 4.69) is 9.97 Å². The Morgan fingerprint density at radius 2 is 1.39 bits per heavy atom. The van der Waals surface area contributed by atoms with Crippen LogP contribution in [0, 0.1) is 0 Å². The highest BCUT2D eigenvalue weighted by Gasteiger charge is 2.42. The van der Waals surface area contributed by atoms with Crippen molar-refractivity contribution < 1.29 is 18.0 Å². The van der Waals surface area contributed by atoms with Gasteiger partial charge in [-0.3, -0.25) is 4.79 Å². The molecule has 0 fully saturated rings. The molecule has 3 aromatic rings. The van der Waals surface area contributed by atoms with Crippen LogP contribution < -0.4 is 0 Å². The van der Waals surface area contributed by atoms with Crippen LogP contribution in [0.4, 0.5) is 13.2 Å². The second kappa shape index (κ2) is 5.72. The largest absolute Gasteiger partial charge is 0.456 e. The minimum atomic E-state index is -4.97. The smallest absolute Gasteiger partial charge is 0.335 e. The third kappa shape index (κ3) is 3.01. The molecule has 0 spiro atoms. The number of aromatic amines is 1. The number of imidazole rings is 1. The predicted octanol–water partition coefficient (Wildman–Crippen LogP) is 4.49. The summed E-state index contributed by atoms with van der Waals surface area (Å²) in [6.07, 6.45) is -4.97. The van der Waals surface area contributed by atoms with E-state index in [-0.39, 0.29) is 11.5 Å². The first-order chi connectivity index (χ1) is 11.0. The quantitative estimate of drug-likeness (QED) is 0.724. The number of hydrogen-bond acceptors (Lipinski definition) is 2. The number of carbonyl (C=O) groups is 1. The molecule has 1 heterocycles. The van der Waals surface area contributed by atoms with E-state index in [1.807, 2.05) is 0 Å². The van der Waals surface area contributed by atoms with E-state index in [1.54, 1.807) is 60.7 Å². The number of aromatic nitrogens is 2. The number of alkyl halides is 3. The molecule has 3 rings (SSSR count). The number of ketones is 1. The van der Waals surface area contributed by atoms with Gasteiger partial charge in [-0.25, -0.2) is 4.98 Å². The fraction of sp³-hybridized carbons (Fsp3) is 0.0588. The summed E-state index contributed by atoms with van der Waals surface area (Å²) in [4.78, 5) is 18.4. The van der Waals surface area contributed by atoms with Crippen molar-refractivity contribution in [1.29, 1.82) is 0 Å². The van der Waals surface area contributed by atoms with Crippen molar-refractivity contribution in [3.63, 3.8) is 0 Å². The Labute approximate surface area is 129 Å². The van der Waals surface area contributed by atoms with Gasteiger partial charge >= 0.3 is 6.18 Å². The van der Waals surface area contributed by atoms with E-state index in [0.717, 1.165) is 0 Å². The monoisotopic (exact) mass is 316 g/mol. The van der Waals surface area contributed by atoms with Crippen LogP contribution in [0.2, 0.25) is 0 Å². The number of hydrogen-bond donors (Lipinski definition) is 1. The molecule has 0 radical (unpaired) electrons. The van der Waals surface area contributed by atoms with Crippen LogP contribution in [0.3, 0.4) is 0 Å². The second-order valence-electron chi connectivity index (χ2n) is 4.87. The summed E-state index contributed by atoms with van der Waals surface area (Å²) >= 11 is 0. The predicted molar refractivity (Wildman–Crippen MR) is 79.8 cm³/mol. The van der Waals surface area contributed by atoms with Crippen molar-refractivity contribution in [3.8, 4) is 22.6 Å². The van der Waals surface area contributed by atoms with Gasteiger partial charge in [0, 0.05) is 11.1 Å². The maximum atomic E-state index is 12.8. The van der Waals surface area contributed by atoms with E-state index in [9.17, 15) is 18.0 Å². The van der Waals surface area contributed by atoms with Crippen LogP contribution in [-0.4, -0.2) is 21.9 Å². The molecular formula is C17H11F3N2O. The molecule has 1 aromatic heterocycles. The molecule has 0 unspecified atom stereocenters. The summed E-state index contributed by atoms with van der Waals surface area (Å²) in [7, 11) is 0. The zero-order valence-electron chi connectivity index (χ0n) is 11.8. The number of Topliss-reactive ketones (excluding diaryl/α,β-unsaturated/α-hetero) is 1. The minimum absolute atomic E-state index is 0.00761. The molecule has 0 saturated carbocycles. The molecule has 1 N–H and O–H groups in total. The summed E-state index contributed by atoms with van der Waals surface area (Å²) in [6.45, 7) is 0. The Bertz CT molecular complexity index is 824. The topological polar surface area (TPSA) is 45.8 Å². The highest BCUT2D eigenvalue weighted by molar-refractivity contribution is 6.04. The average molecular weight is 316 g/mol. The Balaban J connectivity index is 2.17. The number of carbonyl (C=O) groups excluding carboxylic acids is 1. The Hall–Kier alpha value is -2.89. The first-order valence-electron chi connectivity index (χ1n) is 6.79. The zero-order chi connectivity index (χ0) is 16.4. The fourth-order valence-corrected chi connectivity index (χ4v) is 2.22. The summed E-state index contributed by atoms with van der Waals surface area (Å²) < 4.78 is 38.5. The third-order valence-corrected chi connectivity index (χ3v) is 3.28. The first kappa shape index (κ1) is 15.0. The molecule has 3 nitrogen and oxygen atoms in total. The molecule has 0 saturated heterocycles. The molecule has 0 aliphatic heterocycles. The Morgan fingerprint density at radius 3 is 1.91 bits per heavy atom. The molecule has 23 heavy (non-hydrogen) atoms. The maximum absolute atomic E-state index is 12.8. The summed E-state index contributed by atoms with van der Waals surface area (Å²) in [5, 5.41) is 0. The summed E-state index contributed by atoms with van der Waals surface area (Å²) in [5.41, 5.74) is 0.485. The van der Waals surface area contributed by atoms with Crippen LogP contribution >= 0.6 is 0 Å². The van der Waals surface area contributed by atoms with Crippen molar-refractivity contribution in [3.05, 3.63) is 66.4 Å². The van der Waals surface area contributed by atoms with Crippen molar-refractivity contribution >= 4 is 5.78 Å². The number of nitrogens with zero attached hydrogens (tertiary/aromatic N) is 1. The number of nitrogens with one attached hydrogen (secondary N) is 1. The lowest BCUT2D eigenvalue weighted by molar-refractivity contribution is -0.0887. The van der Waals surface area contributed by atoms with Crippen LogP contribution in [0.5, 0.6) is 0 Å². The van der Waals surface area contributed by atoms with Crippen molar-refractivity contribution in [2.75, 3.05) is 0 Å². The zero-order valence-corrected chi connectivity index (χ0v) is 11.8. The van der Waals surface area contributed by atoms with Gasteiger partial charge in [-0.1, -0.05) is 60.7 Å². The highest BCUT2D eigenvalue weighted by Crippen LogP contribution is 2.30. The van der Waals surface area contributed by atoms with Gasteiger partial charge in [0.25, 0.3) is 5.78 Å². The molecule has 6 heteroatoms.